The Bertz CT molecular complexity index is 672. The lowest BCUT2D eigenvalue weighted by Crippen LogP contribution is -2.29. The third-order valence-corrected chi connectivity index (χ3v) is 3.35. The Labute approximate surface area is 114 Å². The van der Waals surface area contributed by atoms with Crippen LogP contribution in [-0.4, -0.2) is 16.7 Å². The van der Waals surface area contributed by atoms with Gasteiger partial charge in [0, 0.05) is 11.3 Å². The van der Waals surface area contributed by atoms with Gasteiger partial charge in [0.05, 0.1) is 17.7 Å². The summed E-state index contributed by atoms with van der Waals surface area (Å²) in [5, 5.41) is 0. The number of benzene rings is 2. The van der Waals surface area contributed by atoms with E-state index in [0.29, 0.717) is 11.1 Å². The molecule has 100 valence electrons. The lowest BCUT2D eigenvalue weighted by molar-refractivity contribution is 0.0641. The van der Waals surface area contributed by atoms with Crippen molar-refractivity contribution in [2.45, 2.75) is 6.54 Å². The maximum atomic E-state index is 13.8. The smallest absolute Gasteiger partial charge is 0.261 e. The zero-order valence-corrected chi connectivity index (χ0v) is 10.5. The van der Waals surface area contributed by atoms with Crippen LogP contribution in [0.2, 0.25) is 0 Å². The second-order valence-electron chi connectivity index (χ2n) is 4.55. The molecule has 1 heterocycles. The summed E-state index contributed by atoms with van der Waals surface area (Å²) >= 11 is 0. The Hall–Kier alpha value is -2.69. The number of imide groups is 1. The molecule has 20 heavy (non-hydrogen) atoms. The highest BCUT2D eigenvalue weighted by Crippen LogP contribution is 2.26. The minimum Gasteiger partial charge on any atom is -0.398 e. The third-order valence-electron chi connectivity index (χ3n) is 3.35. The van der Waals surface area contributed by atoms with Crippen LogP contribution >= 0.6 is 0 Å². The van der Waals surface area contributed by atoms with Crippen LogP contribution in [-0.2, 0) is 6.54 Å². The quantitative estimate of drug-likeness (QED) is 0.672. The summed E-state index contributed by atoms with van der Waals surface area (Å²) in [4.78, 5) is 25.4. The molecule has 0 fully saturated rings. The molecule has 0 aromatic heterocycles. The topological polar surface area (TPSA) is 63.4 Å². The molecule has 4 nitrogen and oxygen atoms in total. The number of nitrogen functional groups attached to an aromatic ring is 1. The molecule has 2 N–H and O–H groups in total. The number of halogens is 1. The maximum Gasteiger partial charge on any atom is 0.261 e. The molecular formula is C15H11FN2O2. The van der Waals surface area contributed by atoms with E-state index in [2.05, 4.69) is 0 Å². The maximum absolute atomic E-state index is 13.8. The Kier molecular flexibility index (Phi) is 2.75. The standard InChI is InChI=1S/C15H11FN2O2/c16-12-6-3-7-13(17)11(12)8-18-14(19)9-4-1-2-5-10(9)15(18)20/h1-7H,8,17H2. The molecule has 0 bridgehead atoms. The molecule has 0 saturated carbocycles. The molecule has 0 atom stereocenters. The lowest BCUT2D eigenvalue weighted by Gasteiger charge is -2.15. The Morgan fingerprint density at radius 3 is 2.10 bits per heavy atom. The van der Waals surface area contributed by atoms with Crippen molar-refractivity contribution in [3.05, 3.63) is 65.0 Å². The average Bonchev–Trinajstić information content (AvgIpc) is 2.68. The van der Waals surface area contributed by atoms with E-state index in [1.165, 1.54) is 18.2 Å². The number of fused-ring (bicyclic) bond motifs is 1. The summed E-state index contributed by atoms with van der Waals surface area (Å²) in [6.45, 7) is -0.162. The first-order valence-corrected chi connectivity index (χ1v) is 6.07. The highest BCUT2D eigenvalue weighted by atomic mass is 19.1. The van der Waals surface area contributed by atoms with Gasteiger partial charge in [-0.15, -0.1) is 0 Å². The van der Waals surface area contributed by atoms with Gasteiger partial charge in [-0.2, -0.15) is 0 Å². The Morgan fingerprint density at radius 2 is 1.55 bits per heavy atom. The predicted octanol–water partition coefficient (Wildman–Crippen LogP) is 2.20. The van der Waals surface area contributed by atoms with E-state index in [9.17, 15) is 14.0 Å². The second kappa shape index (κ2) is 4.45. The molecule has 0 aliphatic carbocycles. The molecule has 2 aromatic carbocycles. The molecule has 2 amide bonds. The van der Waals surface area contributed by atoms with E-state index in [4.69, 9.17) is 5.73 Å². The molecule has 1 aliphatic heterocycles. The molecule has 2 aromatic rings. The normalized spacial score (nSPS) is 13.8. The number of hydrogen-bond donors (Lipinski definition) is 1. The number of anilines is 1. The van der Waals surface area contributed by atoms with Crippen molar-refractivity contribution in [3.63, 3.8) is 0 Å². The summed E-state index contributed by atoms with van der Waals surface area (Å²) < 4.78 is 13.8. The van der Waals surface area contributed by atoms with Gasteiger partial charge in [-0.3, -0.25) is 14.5 Å². The second-order valence-corrected chi connectivity index (χ2v) is 4.55. The number of amides is 2. The first kappa shape index (κ1) is 12.3. The number of carbonyl (C=O) groups excluding carboxylic acids is 2. The zero-order chi connectivity index (χ0) is 14.3. The highest BCUT2D eigenvalue weighted by molar-refractivity contribution is 6.21. The summed E-state index contributed by atoms with van der Waals surface area (Å²) in [6, 6.07) is 10.8. The average molecular weight is 270 g/mol. The molecule has 0 unspecified atom stereocenters. The molecule has 0 radical (unpaired) electrons. The number of carbonyl (C=O) groups is 2. The largest absolute Gasteiger partial charge is 0.398 e. The summed E-state index contributed by atoms with van der Waals surface area (Å²) in [5.41, 5.74) is 6.76. The molecule has 3 rings (SSSR count). The van der Waals surface area contributed by atoms with Crippen LogP contribution in [0.5, 0.6) is 0 Å². The van der Waals surface area contributed by atoms with E-state index in [-0.39, 0.29) is 17.8 Å². The van der Waals surface area contributed by atoms with Crippen molar-refractivity contribution in [2.75, 3.05) is 5.73 Å². The fourth-order valence-electron chi connectivity index (χ4n) is 2.28. The Balaban J connectivity index is 1.98. The van der Waals surface area contributed by atoms with Gasteiger partial charge in [0.2, 0.25) is 0 Å². The number of nitrogens with two attached hydrogens (primary N) is 1. The van der Waals surface area contributed by atoms with Crippen LogP contribution in [0.3, 0.4) is 0 Å². The van der Waals surface area contributed by atoms with Gasteiger partial charge < -0.3 is 5.73 Å². The highest BCUT2D eigenvalue weighted by Gasteiger charge is 2.35. The van der Waals surface area contributed by atoms with Crippen LogP contribution < -0.4 is 5.73 Å². The van der Waals surface area contributed by atoms with Crippen LogP contribution in [0.1, 0.15) is 26.3 Å². The molecule has 1 aliphatic rings. The van der Waals surface area contributed by atoms with Crippen molar-refractivity contribution in [2.24, 2.45) is 0 Å². The minimum atomic E-state index is -0.526. The minimum absolute atomic E-state index is 0.155. The predicted molar refractivity (Wildman–Crippen MR) is 71.5 cm³/mol. The van der Waals surface area contributed by atoms with Crippen molar-refractivity contribution >= 4 is 17.5 Å². The fraction of sp³-hybridized carbons (Fsp3) is 0.0667. The zero-order valence-electron chi connectivity index (χ0n) is 10.5. The molecule has 5 heteroatoms. The van der Waals surface area contributed by atoms with Gasteiger partial charge in [-0.25, -0.2) is 4.39 Å². The number of nitrogens with zero attached hydrogens (tertiary/aromatic N) is 1. The van der Waals surface area contributed by atoms with E-state index in [0.717, 1.165) is 4.90 Å². The van der Waals surface area contributed by atoms with Crippen molar-refractivity contribution in [3.8, 4) is 0 Å². The first-order chi connectivity index (χ1) is 9.59. The summed E-state index contributed by atoms with van der Waals surface area (Å²) in [6.07, 6.45) is 0. The van der Waals surface area contributed by atoms with E-state index >= 15 is 0 Å². The van der Waals surface area contributed by atoms with Crippen LogP contribution in [0.25, 0.3) is 0 Å². The SMILES string of the molecule is Nc1cccc(F)c1CN1C(=O)c2ccccc2C1=O. The monoisotopic (exact) mass is 270 g/mol. The van der Waals surface area contributed by atoms with Crippen molar-refractivity contribution in [1.82, 2.24) is 4.90 Å². The van der Waals surface area contributed by atoms with Crippen molar-refractivity contribution in [1.29, 1.82) is 0 Å². The van der Waals surface area contributed by atoms with E-state index in [1.54, 1.807) is 24.3 Å². The fourth-order valence-corrected chi connectivity index (χ4v) is 2.28. The third kappa shape index (κ3) is 1.75. The van der Waals surface area contributed by atoms with Crippen molar-refractivity contribution < 1.29 is 14.0 Å². The first-order valence-electron chi connectivity index (χ1n) is 6.07. The van der Waals surface area contributed by atoms with Crippen LogP contribution in [0, 0.1) is 5.82 Å². The van der Waals surface area contributed by atoms with Gasteiger partial charge in [0.25, 0.3) is 11.8 Å². The van der Waals surface area contributed by atoms with Gasteiger partial charge in [0.1, 0.15) is 5.82 Å². The van der Waals surface area contributed by atoms with Crippen LogP contribution in [0.4, 0.5) is 10.1 Å². The number of hydrogen-bond acceptors (Lipinski definition) is 3. The van der Waals surface area contributed by atoms with Crippen LogP contribution in [0.15, 0.2) is 42.5 Å². The van der Waals surface area contributed by atoms with E-state index in [1.807, 2.05) is 0 Å². The summed E-state index contributed by atoms with van der Waals surface area (Å²) in [5.74, 6) is -1.37. The van der Waals surface area contributed by atoms with Gasteiger partial charge in [-0.05, 0) is 24.3 Å². The summed E-state index contributed by atoms with van der Waals surface area (Å²) in [7, 11) is 0. The molecule has 0 spiro atoms. The molecule has 0 saturated heterocycles. The number of rotatable bonds is 2. The van der Waals surface area contributed by atoms with E-state index < -0.39 is 17.6 Å². The molecular weight excluding hydrogens is 259 g/mol. The van der Waals surface area contributed by atoms with Gasteiger partial charge in [0.15, 0.2) is 0 Å². The Morgan fingerprint density at radius 1 is 0.950 bits per heavy atom. The van der Waals surface area contributed by atoms with Gasteiger partial charge >= 0.3 is 0 Å². The lowest BCUT2D eigenvalue weighted by atomic mass is 10.1. The van der Waals surface area contributed by atoms with Gasteiger partial charge in [-0.1, -0.05) is 18.2 Å².